The first-order chi connectivity index (χ1) is 13.8. The van der Waals surface area contributed by atoms with Crippen molar-refractivity contribution in [2.24, 2.45) is 23.2 Å². The minimum absolute atomic E-state index is 0.0271. The molecule has 4 aliphatic rings. The Morgan fingerprint density at radius 3 is 2.31 bits per heavy atom. The molecule has 7 nitrogen and oxygen atoms in total. The third-order valence-corrected chi connectivity index (χ3v) is 8.22. The minimum atomic E-state index is -3.65. The molecule has 29 heavy (non-hydrogen) atoms. The molecular weight excluding hydrogens is 392 g/mol. The summed E-state index contributed by atoms with van der Waals surface area (Å²) in [7, 11) is -2.35. The highest BCUT2D eigenvalue weighted by Gasteiger charge is 2.50. The van der Waals surface area contributed by atoms with Gasteiger partial charge in [-0.1, -0.05) is 6.07 Å². The van der Waals surface area contributed by atoms with Crippen LogP contribution in [-0.4, -0.2) is 40.5 Å². The number of nitrogens with one attached hydrogen (secondary N) is 2. The van der Waals surface area contributed by atoms with Gasteiger partial charge in [-0.05, 0) is 86.9 Å². The average Bonchev–Trinajstić information content (AvgIpc) is 2.69. The molecule has 0 heterocycles. The van der Waals surface area contributed by atoms with Crippen molar-refractivity contribution in [1.29, 1.82) is 0 Å². The number of sulfonamides is 1. The van der Waals surface area contributed by atoms with E-state index < -0.39 is 16.0 Å². The van der Waals surface area contributed by atoms with Gasteiger partial charge < -0.3 is 10.1 Å². The fraction of sp³-hybridized carbons (Fsp3) is 0.619. The summed E-state index contributed by atoms with van der Waals surface area (Å²) >= 11 is 0. The Kier molecular flexibility index (Phi) is 5.42. The summed E-state index contributed by atoms with van der Waals surface area (Å²) < 4.78 is 31.0. The fourth-order valence-electron chi connectivity index (χ4n) is 5.97. The number of hydrogen-bond donors (Lipinski definition) is 2. The Morgan fingerprint density at radius 2 is 1.72 bits per heavy atom. The van der Waals surface area contributed by atoms with E-state index in [2.05, 4.69) is 10.0 Å². The second kappa shape index (κ2) is 7.72. The molecule has 5 rings (SSSR count). The number of esters is 1. The quantitative estimate of drug-likeness (QED) is 0.658. The van der Waals surface area contributed by atoms with Gasteiger partial charge in [0.25, 0.3) is 5.91 Å². The third-order valence-electron chi connectivity index (χ3n) is 6.81. The normalized spacial score (nSPS) is 30.2. The van der Waals surface area contributed by atoms with E-state index in [4.69, 9.17) is 4.74 Å². The molecule has 4 bridgehead atoms. The van der Waals surface area contributed by atoms with Crippen molar-refractivity contribution in [3.05, 3.63) is 29.8 Å². The topological polar surface area (TPSA) is 102 Å². The van der Waals surface area contributed by atoms with Crippen molar-refractivity contribution in [2.45, 2.75) is 43.4 Å². The second-order valence-electron chi connectivity index (χ2n) is 9.01. The summed E-state index contributed by atoms with van der Waals surface area (Å²) in [4.78, 5) is 24.4. The number of benzene rings is 1. The predicted octanol–water partition coefficient (Wildman–Crippen LogP) is 2.08. The van der Waals surface area contributed by atoms with Crippen LogP contribution >= 0.6 is 0 Å². The fourth-order valence-corrected chi connectivity index (χ4v) is 6.74. The summed E-state index contributed by atoms with van der Waals surface area (Å²) in [5, 5.41) is 2.97. The molecule has 0 spiro atoms. The van der Waals surface area contributed by atoms with Crippen LogP contribution in [0.25, 0.3) is 0 Å². The first kappa shape index (κ1) is 20.3. The standard InChI is InChI=1S/C21H28N2O5S/c1-22-29(26,27)18-4-2-3-17(8-18)20(25)28-12-19(24)23-13-21-9-14-5-15(10-21)7-16(6-14)11-21/h2-4,8,14-16,22H,5-7,9-13H2,1H3,(H,23,24). The summed E-state index contributed by atoms with van der Waals surface area (Å²) in [6, 6.07) is 5.56. The van der Waals surface area contributed by atoms with E-state index in [1.54, 1.807) is 0 Å². The molecule has 1 amide bonds. The number of carbonyl (C=O) groups excluding carboxylic acids is 2. The Labute approximate surface area is 171 Å². The molecule has 0 radical (unpaired) electrons. The van der Waals surface area contributed by atoms with Crippen molar-refractivity contribution in [3.8, 4) is 0 Å². The Morgan fingerprint density at radius 1 is 1.10 bits per heavy atom. The van der Waals surface area contributed by atoms with Gasteiger partial charge in [-0.25, -0.2) is 17.9 Å². The van der Waals surface area contributed by atoms with Crippen molar-refractivity contribution >= 4 is 21.9 Å². The Bertz CT molecular complexity index is 876. The Hall–Kier alpha value is -1.93. The largest absolute Gasteiger partial charge is 0.452 e. The summed E-state index contributed by atoms with van der Waals surface area (Å²) in [6.45, 7) is 0.289. The highest BCUT2D eigenvalue weighted by Crippen LogP contribution is 2.59. The zero-order valence-corrected chi connectivity index (χ0v) is 17.5. The van der Waals surface area contributed by atoms with E-state index in [1.807, 2.05) is 0 Å². The molecule has 0 aliphatic heterocycles. The lowest BCUT2D eigenvalue weighted by Crippen LogP contribution is -2.51. The van der Waals surface area contributed by atoms with Crippen LogP contribution in [0.15, 0.2) is 29.2 Å². The lowest BCUT2D eigenvalue weighted by atomic mass is 9.49. The van der Waals surface area contributed by atoms with Crippen LogP contribution in [0.3, 0.4) is 0 Å². The van der Waals surface area contributed by atoms with Gasteiger partial charge in [0.15, 0.2) is 6.61 Å². The van der Waals surface area contributed by atoms with Crippen LogP contribution in [-0.2, 0) is 19.6 Å². The van der Waals surface area contributed by atoms with E-state index in [0.717, 1.165) is 17.8 Å². The van der Waals surface area contributed by atoms with Crippen LogP contribution in [0.2, 0.25) is 0 Å². The second-order valence-corrected chi connectivity index (χ2v) is 10.9. The smallest absolute Gasteiger partial charge is 0.338 e. The number of carbonyl (C=O) groups is 2. The maximum absolute atomic E-state index is 12.3. The number of ether oxygens (including phenoxy) is 1. The third kappa shape index (κ3) is 4.33. The molecule has 158 valence electrons. The van der Waals surface area contributed by atoms with Crippen LogP contribution < -0.4 is 10.0 Å². The monoisotopic (exact) mass is 420 g/mol. The maximum atomic E-state index is 12.3. The molecule has 4 aliphatic carbocycles. The van der Waals surface area contributed by atoms with E-state index in [-0.39, 0.29) is 28.4 Å². The number of hydrogen-bond acceptors (Lipinski definition) is 5. The molecule has 0 saturated heterocycles. The van der Waals surface area contributed by atoms with E-state index in [1.165, 1.54) is 69.8 Å². The predicted molar refractivity (Wildman–Crippen MR) is 107 cm³/mol. The SMILES string of the molecule is CNS(=O)(=O)c1cccc(C(=O)OCC(=O)NCC23CC4CC(CC(C4)C2)C3)c1. The van der Waals surface area contributed by atoms with Crippen LogP contribution in [0.4, 0.5) is 0 Å². The van der Waals surface area contributed by atoms with Crippen molar-refractivity contribution in [3.63, 3.8) is 0 Å². The first-order valence-electron chi connectivity index (χ1n) is 10.3. The van der Waals surface area contributed by atoms with Gasteiger partial charge in [0.05, 0.1) is 10.5 Å². The summed E-state index contributed by atoms with van der Waals surface area (Å²) in [5.41, 5.74) is 0.319. The van der Waals surface area contributed by atoms with Gasteiger partial charge in [0.1, 0.15) is 0 Å². The minimum Gasteiger partial charge on any atom is -0.452 e. The zero-order chi connectivity index (χ0) is 20.6. The first-order valence-corrected chi connectivity index (χ1v) is 11.7. The molecule has 8 heteroatoms. The highest BCUT2D eigenvalue weighted by atomic mass is 32.2. The molecule has 0 unspecified atom stereocenters. The molecule has 1 aromatic carbocycles. The van der Waals surface area contributed by atoms with Gasteiger partial charge in [0, 0.05) is 6.54 Å². The van der Waals surface area contributed by atoms with E-state index in [9.17, 15) is 18.0 Å². The van der Waals surface area contributed by atoms with Crippen molar-refractivity contribution in [1.82, 2.24) is 10.0 Å². The van der Waals surface area contributed by atoms with Gasteiger partial charge in [0.2, 0.25) is 10.0 Å². The maximum Gasteiger partial charge on any atom is 0.338 e. The Balaban J connectivity index is 1.29. The molecule has 2 N–H and O–H groups in total. The number of amides is 1. The molecular formula is C21H28N2O5S. The van der Waals surface area contributed by atoms with Gasteiger partial charge in [-0.2, -0.15) is 0 Å². The number of rotatable bonds is 7. The summed E-state index contributed by atoms with van der Waals surface area (Å²) in [5.74, 6) is 1.42. The van der Waals surface area contributed by atoms with Gasteiger partial charge >= 0.3 is 5.97 Å². The molecule has 0 aromatic heterocycles. The van der Waals surface area contributed by atoms with E-state index >= 15 is 0 Å². The van der Waals surface area contributed by atoms with Crippen molar-refractivity contribution < 1.29 is 22.7 Å². The summed E-state index contributed by atoms with van der Waals surface area (Å²) in [6.07, 6.45) is 7.66. The van der Waals surface area contributed by atoms with E-state index in [0.29, 0.717) is 6.54 Å². The van der Waals surface area contributed by atoms with Crippen LogP contribution in [0.5, 0.6) is 0 Å². The molecule has 0 atom stereocenters. The lowest BCUT2D eigenvalue weighted by molar-refractivity contribution is -0.126. The molecule has 4 saturated carbocycles. The van der Waals surface area contributed by atoms with Gasteiger partial charge in [-0.3, -0.25) is 4.79 Å². The van der Waals surface area contributed by atoms with Crippen molar-refractivity contribution in [2.75, 3.05) is 20.2 Å². The van der Waals surface area contributed by atoms with Crippen LogP contribution in [0, 0.1) is 23.2 Å². The zero-order valence-electron chi connectivity index (χ0n) is 16.6. The highest BCUT2D eigenvalue weighted by molar-refractivity contribution is 7.89. The molecule has 1 aromatic rings. The van der Waals surface area contributed by atoms with Gasteiger partial charge in [-0.15, -0.1) is 0 Å². The lowest BCUT2D eigenvalue weighted by Gasteiger charge is -2.56. The average molecular weight is 421 g/mol. The van der Waals surface area contributed by atoms with Crippen LogP contribution in [0.1, 0.15) is 48.9 Å². The molecule has 4 fully saturated rings.